The highest BCUT2D eigenvalue weighted by Gasteiger charge is 2.10. The lowest BCUT2D eigenvalue weighted by Crippen LogP contribution is -2.15. The smallest absolute Gasteiger partial charge is 0.309 e. The predicted molar refractivity (Wildman–Crippen MR) is 68.5 cm³/mol. The SMILES string of the molecule is O=C(O)Cc1csc(NC(=O)c2cc[nH]c(=O)c2)n1. The Morgan fingerprint density at radius 1 is 1.47 bits per heavy atom. The van der Waals surface area contributed by atoms with Crippen molar-refractivity contribution in [3.8, 4) is 0 Å². The third-order valence-corrected chi connectivity index (χ3v) is 2.95. The van der Waals surface area contributed by atoms with Gasteiger partial charge in [-0.05, 0) is 6.07 Å². The first-order valence-corrected chi connectivity index (χ1v) is 6.09. The maximum atomic E-state index is 11.8. The molecule has 0 spiro atoms. The van der Waals surface area contributed by atoms with Crippen molar-refractivity contribution >= 4 is 28.3 Å². The Balaban J connectivity index is 2.09. The van der Waals surface area contributed by atoms with Gasteiger partial charge in [0.05, 0.1) is 12.1 Å². The predicted octanol–water partition coefficient (Wildman–Crippen LogP) is 0.711. The van der Waals surface area contributed by atoms with Crippen molar-refractivity contribution in [2.75, 3.05) is 5.32 Å². The Kier molecular flexibility index (Phi) is 3.71. The topological polar surface area (TPSA) is 112 Å². The van der Waals surface area contributed by atoms with Gasteiger partial charge in [-0.3, -0.25) is 19.7 Å². The first-order chi connectivity index (χ1) is 9.04. The van der Waals surface area contributed by atoms with Crippen LogP contribution in [0, 0.1) is 0 Å². The van der Waals surface area contributed by atoms with Gasteiger partial charge in [0.25, 0.3) is 5.91 Å². The molecule has 2 aromatic heterocycles. The molecule has 98 valence electrons. The Hall–Kier alpha value is -2.48. The molecule has 0 atom stereocenters. The molecule has 0 aliphatic heterocycles. The van der Waals surface area contributed by atoms with Crippen molar-refractivity contribution in [3.05, 3.63) is 45.3 Å². The average molecular weight is 279 g/mol. The first kappa shape index (κ1) is 13.0. The summed E-state index contributed by atoms with van der Waals surface area (Å²) in [5.41, 5.74) is 0.204. The molecule has 2 aromatic rings. The number of rotatable bonds is 4. The number of hydrogen-bond donors (Lipinski definition) is 3. The molecular formula is C11H9N3O4S. The van der Waals surface area contributed by atoms with Crippen molar-refractivity contribution in [2.24, 2.45) is 0 Å². The van der Waals surface area contributed by atoms with E-state index in [9.17, 15) is 14.4 Å². The number of pyridine rings is 1. The van der Waals surface area contributed by atoms with E-state index in [1.54, 1.807) is 5.38 Å². The molecule has 0 aliphatic rings. The number of carboxylic acids is 1. The van der Waals surface area contributed by atoms with Crippen molar-refractivity contribution < 1.29 is 14.7 Å². The second-order valence-electron chi connectivity index (χ2n) is 3.61. The second-order valence-corrected chi connectivity index (χ2v) is 4.47. The number of carbonyl (C=O) groups excluding carboxylic acids is 1. The minimum absolute atomic E-state index is 0.197. The molecule has 0 fully saturated rings. The zero-order valence-electron chi connectivity index (χ0n) is 9.54. The summed E-state index contributed by atoms with van der Waals surface area (Å²) in [7, 11) is 0. The van der Waals surface area contributed by atoms with Crippen molar-refractivity contribution in [1.29, 1.82) is 0 Å². The zero-order valence-corrected chi connectivity index (χ0v) is 10.4. The van der Waals surface area contributed by atoms with E-state index in [0.717, 1.165) is 11.3 Å². The van der Waals surface area contributed by atoms with Crippen molar-refractivity contribution in [1.82, 2.24) is 9.97 Å². The number of amides is 1. The summed E-state index contributed by atoms with van der Waals surface area (Å²) in [6.07, 6.45) is 1.17. The van der Waals surface area contributed by atoms with E-state index >= 15 is 0 Å². The minimum atomic E-state index is -0.988. The summed E-state index contributed by atoms with van der Waals surface area (Å²) in [4.78, 5) is 39.7. The summed E-state index contributed by atoms with van der Waals surface area (Å²) >= 11 is 1.13. The van der Waals surface area contributed by atoms with Gasteiger partial charge in [0.2, 0.25) is 5.56 Å². The van der Waals surface area contributed by atoms with Crippen molar-refractivity contribution in [3.63, 3.8) is 0 Å². The van der Waals surface area contributed by atoms with E-state index in [0.29, 0.717) is 10.8 Å². The van der Waals surface area contributed by atoms with E-state index in [1.807, 2.05) is 0 Å². The zero-order chi connectivity index (χ0) is 13.8. The van der Waals surface area contributed by atoms with Gasteiger partial charge in [-0.1, -0.05) is 0 Å². The Morgan fingerprint density at radius 3 is 2.95 bits per heavy atom. The lowest BCUT2D eigenvalue weighted by atomic mass is 10.2. The van der Waals surface area contributed by atoms with E-state index in [2.05, 4.69) is 15.3 Å². The fourth-order valence-electron chi connectivity index (χ4n) is 1.36. The summed E-state index contributed by atoms with van der Waals surface area (Å²) in [6.45, 7) is 0. The summed E-state index contributed by atoms with van der Waals surface area (Å²) < 4.78 is 0. The van der Waals surface area contributed by atoms with Crippen LogP contribution in [0.5, 0.6) is 0 Å². The van der Waals surface area contributed by atoms with Crippen LogP contribution in [0.1, 0.15) is 16.1 Å². The molecule has 7 nitrogen and oxygen atoms in total. The third kappa shape index (κ3) is 3.49. The number of carboxylic acid groups (broad SMARTS) is 1. The Morgan fingerprint density at radius 2 is 2.26 bits per heavy atom. The molecule has 0 radical (unpaired) electrons. The number of nitrogens with zero attached hydrogens (tertiary/aromatic N) is 1. The number of aromatic amines is 1. The summed E-state index contributed by atoms with van der Waals surface area (Å²) in [5, 5.41) is 13.0. The lowest BCUT2D eigenvalue weighted by molar-refractivity contribution is -0.136. The van der Waals surface area contributed by atoms with Crippen molar-refractivity contribution in [2.45, 2.75) is 6.42 Å². The summed E-state index contributed by atoms with van der Waals surface area (Å²) in [6, 6.07) is 2.63. The third-order valence-electron chi connectivity index (χ3n) is 2.14. The molecule has 0 unspecified atom stereocenters. The number of carbonyl (C=O) groups is 2. The molecule has 2 heterocycles. The standard InChI is InChI=1S/C11H9N3O4S/c15-8-3-6(1-2-12-8)10(18)14-11-13-7(5-19-11)4-9(16)17/h1-3,5H,4H2,(H,12,15)(H,16,17)(H,13,14,18). The maximum absolute atomic E-state index is 11.8. The van der Waals surface area contributed by atoms with Crippen LogP contribution >= 0.6 is 11.3 Å². The molecular weight excluding hydrogens is 270 g/mol. The van der Waals surface area contributed by atoms with Crippen LogP contribution in [-0.2, 0) is 11.2 Å². The molecule has 0 aromatic carbocycles. The molecule has 0 bridgehead atoms. The van der Waals surface area contributed by atoms with Crippen LogP contribution in [0.25, 0.3) is 0 Å². The van der Waals surface area contributed by atoms with Crippen LogP contribution in [-0.4, -0.2) is 27.0 Å². The van der Waals surface area contributed by atoms with Gasteiger partial charge in [-0.15, -0.1) is 11.3 Å². The van der Waals surface area contributed by atoms with Gasteiger partial charge in [0.15, 0.2) is 5.13 Å². The Labute approximate surface area is 110 Å². The van der Waals surface area contributed by atoms with Crippen LogP contribution in [0.15, 0.2) is 28.5 Å². The number of H-pyrrole nitrogens is 1. The van der Waals surface area contributed by atoms with Gasteiger partial charge in [-0.2, -0.15) is 0 Å². The highest BCUT2D eigenvalue weighted by Crippen LogP contribution is 2.16. The Bertz CT molecular complexity index is 676. The van der Waals surface area contributed by atoms with Crippen LogP contribution in [0.3, 0.4) is 0 Å². The number of aliphatic carboxylic acids is 1. The van der Waals surface area contributed by atoms with E-state index in [-0.39, 0.29) is 17.5 Å². The largest absolute Gasteiger partial charge is 0.481 e. The molecule has 0 saturated heterocycles. The monoisotopic (exact) mass is 279 g/mol. The molecule has 2 rings (SSSR count). The highest BCUT2D eigenvalue weighted by molar-refractivity contribution is 7.14. The normalized spacial score (nSPS) is 10.1. The fourth-order valence-corrected chi connectivity index (χ4v) is 2.06. The highest BCUT2D eigenvalue weighted by atomic mass is 32.1. The molecule has 0 aliphatic carbocycles. The number of nitrogens with one attached hydrogen (secondary N) is 2. The van der Waals surface area contributed by atoms with Crippen LogP contribution in [0.4, 0.5) is 5.13 Å². The second kappa shape index (κ2) is 5.44. The van der Waals surface area contributed by atoms with Gasteiger partial charge in [0.1, 0.15) is 0 Å². The number of hydrogen-bond acceptors (Lipinski definition) is 5. The van der Waals surface area contributed by atoms with Gasteiger partial charge in [-0.25, -0.2) is 4.98 Å². The quantitative estimate of drug-likeness (QED) is 0.763. The number of anilines is 1. The molecule has 19 heavy (non-hydrogen) atoms. The fraction of sp³-hybridized carbons (Fsp3) is 0.0909. The average Bonchev–Trinajstić information content (AvgIpc) is 2.75. The van der Waals surface area contributed by atoms with Crippen LogP contribution < -0.4 is 10.9 Å². The van der Waals surface area contributed by atoms with Gasteiger partial charge >= 0.3 is 5.97 Å². The number of aromatic nitrogens is 2. The lowest BCUT2D eigenvalue weighted by Gasteiger charge is -2.00. The molecule has 1 amide bonds. The van der Waals surface area contributed by atoms with E-state index in [1.165, 1.54) is 18.3 Å². The van der Waals surface area contributed by atoms with E-state index < -0.39 is 11.9 Å². The summed E-state index contributed by atoms with van der Waals surface area (Å²) in [5.74, 6) is -1.46. The molecule has 0 saturated carbocycles. The van der Waals surface area contributed by atoms with Crippen LogP contribution in [0.2, 0.25) is 0 Å². The molecule has 3 N–H and O–H groups in total. The number of thiazole rings is 1. The minimum Gasteiger partial charge on any atom is -0.481 e. The van der Waals surface area contributed by atoms with Gasteiger partial charge in [0, 0.05) is 23.2 Å². The maximum Gasteiger partial charge on any atom is 0.309 e. The van der Waals surface area contributed by atoms with Gasteiger partial charge < -0.3 is 10.1 Å². The molecule has 8 heteroatoms. The van der Waals surface area contributed by atoms with E-state index in [4.69, 9.17) is 5.11 Å². The first-order valence-electron chi connectivity index (χ1n) is 5.21.